The van der Waals surface area contributed by atoms with E-state index in [1.54, 1.807) is 0 Å². The zero-order valence-corrected chi connectivity index (χ0v) is 10.9. The summed E-state index contributed by atoms with van der Waals surface area (Å²) in [6.45, 7) is 1.22. The molecule has 2 rings (SSSR count). The lowest BCUT2D eigenvalue weighted by Crippen LogP contribution is -2.31. The van der Waals surface area contributed by atoms with E-state index in [2.05, 4.69) is 5.32 Å². The van der Waals surface area contributed by atoms with Crippen LogP contribution in [-0.4, -0.2) is 18.2 Å². The van der Waals surface area contributed by atoms with Gasteiger partial charge in [-0.3, -0.25) is 0 Å². The number of aliphatic hydroxyl groups is 1. The number of nitrogens with one attached hydrogen (secondary N) is 1. The van der Waals surface area contributed by atoms with Crippen LogP contribution in [0.2, 0.25) is 0 Å². The molecule has 0 aliphatic heterocycles. The molecule has 0 amide bonds. The highest BCUT2D eigenvalue weighted by Crippen LogP contribution is 2.28. The summed E-state index contributed by atoms with van der Waals surface area (Å²) < 4.78 is 0. The molecular formula is C16H20N2O. The molecule has 0 spiro atoms. The fourth-order valence-electron chi connectivity index (χ4n) is 2.15. The molecule has 2 aromatic rings. The van der Waals surface area contributed by atoms with Gasteiger partial charge in [-0.1, -0.05) is 60.7 Å². The standard InChI is InChI=1S/C16H20N2O/c17-11-12-18-15(13-7-3-1-4-8-13)16(19)14-9-5-2-6-10-14/h1-10,15-16,18-19H,11-12,17H2/t15-,16+/m1/s1. The van der Waals surface area contributed by atoms with Crippen molar-refractivity contribution in [2.45, 2.75) is 12.1 Å². The van der Waals surface area contributed by atoms with Crippen molar-refractivity contribution in [3.63, 3.8) is 0 Å². The molecule has 0 aliphatic carbocycles. The monoisotopic (exact) mass is 256 g/mol. The van der Waals surface area contributed by atoms with Crippen LogP contribution >= 0.6 is 0 Å². The Morgan fingerprint density at radius 1 is 0.895 bits per heavy atom. The van der Waals surface area contributed by atoms with E-state index in [1.165, 1.54) is 0 Å². The Bertz CT molecular complexity index is 473. The molecule has 0 saturated carbocycles. The maximum absolute atomic E-state index is 10.6. The van der Waals surface area contributed by atoms with Crippen LogP contribution in [0, 0.1) is 0 Å². The third-order valence-electron chi connectivity index (χ3n) is 3.12. The molecule has 0 unspecified atom stereocenters. The fraction of sp³-hybridized carbons (Fsp3) is 0.250. The van der Waals surface area contributed by atoms with Gasteiger partial charge in [-0.25, -0.2) is 0 Å². The number of rotatable bonds is 6. The number of aliphatic hydroxyl groups excluding tert-OH is 1. The minimum Gasteiger partial charge on any atom is -0.386 e. The van der Waals surface area contributed by atoms with Crippen molar-refractivity contribution in [3.8, 4) is 0 Å². The lowest BCUT2D eigenvalue weighted by atomic mass is 9.96. The average molecular weight is 256 g/mol. The first kappa shape index (κ1) is 13.7. The Labute approximate surface area is 114 Å². The number of hydrogen-bond acceptors (Lipinski definition) is 3. The lowest BCUT2D eigenvalue weighted by molar-refractivity contribution is 0.129. The van der Waals surface area contributed by atoms with Gasteiger partial charge in [0.1, 0.15) is 0 Å². The van der Waals surface area contributed by atoms with E-state index < -0.39 is 6.10 Å². The Kier molecular flexibility index (Phi) is 5.10. The summed E-state index contributed by atoms with van der Waals surface area (Å²) in [5, 5.41) is 13.9. The predicted molar refractivity (Wildman–Crippen MR) is 77.6 cm³/mol. The van der Waals surface area contributed by atoms with Gasteiger partial charge >= 0.3 is 0 Å². The third kappa shape index (κ3) is 3.64. The Morgan fingerprint density at radius 2 is 1.42 bits per heavy atom. The van der Waals surface area contributed by atoms with Gasteiger partial charge < -0.3 is 16.2 Å². The highest BCUT2D eigenvalue weighted by Gasteiger charge is 2.21. The van der Waals surface area contributed by atoms with Gasteiger partial charge in [0, 0.05) is 13.1 Å². The van der Waals surface area contributed by atoms with Crippen molar-refractivity contribution in [2.75, 3.05) is 13.1 Å². The number of hydrogen-bond donors (Lipinski definition) is 3. The molecule has 0 aromatic heterocycles. The zero-order valence-electron chi connectivity index (χ0n) is 10.9. The molecule has 0 aliphatic rings. The summed E-state index contributed by atoms with van der Waals surface area (Å²) in [5.41, 5.74) is 7.52. The Morgan fingerprint density at radius 3 is 1.95 bits per heavy atom. The lowest BCUT2D eigenvalue weighted by Gasteiger charge is -2.25. The Balaban J connectivity index is 2.22. The summed E-state index contributed by atoms with van der Waals surface area (Å²) in [6, 6.07) is 19.5. The minimum atomic E-state index is -0.588. The molecule has 0 heterocycles. The van der Waals surface area contributed by atoms with Gasteiger partial charge in [0.2, 0.25) is 0 Å². The fourth-order valence-corrected chi connectivity index (χ4v) is 2.15. The first-order valence-corrected chi connectivity index (χ1v) is 6.54. The van der Waals surface area contributed by atoms with E-state index in [0.29, 0.717) is 13.1 Å². The van der Waals surface area contributed by atoms with Gasteiger partial charge in [0.05, 0.1) is 12.1 Å². The smallest absolute Gasteiger partial charge is 0.0984 e. The molecule has 0 radical (unpaired) electrons. The van der Waals surface area contributed by atoms with E-state index in [-0.39, 0.29) is 6.04 Å². The summed E-state index contributed by atoms with van der Waals surface area (Å²) in [4.78, 5) is 0. The molecule has 2 aromatic carbocycles. The first-order valence-electron chi connectivity index (χ1n) is 6.54. The first-order chi connectivity index (χ1) is 9.33. The zero-order chi connectivity index (χ0) is 13.5. The third-order valence-corrected chi connectivity index (χ3v) is 3.12. The molecule has 0 fully saturated rings. The van der Waals surface area contributed by atoms with Crippen LogP contribution in [0.5, 0.6) is 0 Å². The molecule has 2 atom stereocenters. The van der Waals surface area contributed by atoms with Crippen molar-refractivity contribution < 1.29 is 5.11 Å². The maximum atomic E-state index is 10.6. The van der Waals surface area contributed by atoms with E-state index >= 15 is 0 Å². The van der Waals surface area contributed by atoms with E-state index in [9.17, 15) is 5.11 Å². The topological polar surface area (TPSA) is 58.3 Å². The largest absolute Gasteiger partial charge is 0.386 e. The number of benzene rings is 2. The maximum Gasteiger partial charge on any atom is 0.0984 e. The van der Waals surface area contributed by atoms with Crippen LogP contribution in [0.4, 0.5) is 0 Å². The molecule has 19 heavy (non-hydrogen) atoms. The normalized spacial score (nSPS) is 14.0. The van der Waals surface area contributed by atoms with Crippen LogP contribution in [0.3, 0.4) is 0 Å². The average Bonchev–Trinajstić information content (AvgIpc) is 2.49. The second-order valence-electron chi connectivity index (χ2n) is 4.49. The second-order valence-corrected chi connectivity index (χ2v) is 4.49. The molecule has 3 nitrogen and oxygen atoms in total. The van der Waals surface area contributed by atoms with E-state index in [0.717, 1.165) is 11.1 Å². The van der Waals surface area contributed by atoms with Crippen LogP contribution in [0.1, 0.15) is 23.3 Å². The predicted octanol–water partition coefficient (Wildman–Crippen LogP) is 2.01. The van der Waals surface area contributed by atoms with Crippen molar-refractivity contribution in [1.82, 2.24) is 5.32 Å². The van der Waals surface area contributed by atoms with Crippen molar-refractivity contribution in [3.05, 3.63) is 71.8 Å². The van der Waals surface area contributed by atoms with Gasteiger partial charge in [0.25, 0.3) is 0 Å². The molecule has 100 valence electrons. The van der Waals surface area contributed by atoms with Crippen LogP contribution in [0.25, 0.3) is 0 Å². The molecule has 3 heteroatoms. The number of nitrogens with two attached hydrogens (primary N) is 1. The second kappa shape index (κ2) is 7.04. The summed E-state index contributed by atoms with van der Waals surface area (Å²) in [7, 11) is 0. The van der Waals surface area contributed by atoms with Gasteiger partial charge in [-0.05, 0) is 11.1 Å². The van der Waals surface area contributed by atoms with Crippen LogP contribution in [-0.2, 0) is 0 Å². The minimum absolute atomic E-state index is 0.146. The van der Waals surface area contributed by atoms with Crippen LogP contribution in [0.15, 0.2) is 60.7 Å². The van der Waals surface area contributed by atoms with Crippen molar-refractivity contribution in [1.29, 1.82) is 0 Å². The highest BCUT2D eigenvalue weighted by molar-refractivity contribution is 5.26. The van der Waals surface area contributed by atoms with Gasteiger partial charge in [0.15, 0.2) is 0 Å². The summed E-state index contributed by atoms with van der Waals surface area (Å²) >= 11 is 0. The van der Waals surface area contributed by atoms with Gasteiger partial charge in [-0.15, -0.1) is 0 Å². The molecule has 4 N–H and O–H groups in total. The van der Waals surface area contributed by atoms with Crippen molar-refractivity contribution >= 4 is 0 Å². The van der Waals surface area contributed by atoms with E-state index in [1.807, 2.05) is 60.7 Å². The summed E-state index contributed by atoms with van der Waals surface area (Å²) in [5.74, 6) is 0. The molecular weight excluding hydrogens is 236 g/mol. The van der Waals surface area contributed by atoms with Gasteiger partial charge in [-0.2, -0.15) is 0 Å². The summed E-state index contributed by atoms with van der Waals surface area (Å²) in [6.07, 6.45) is -0.588. The SMILES string of the molecule is NCCN[C@H](c1ccccc1)[C@@H](O)c1ccccc1. The molecule has 0 saturated heterocycles. The Hall–Kier alpha value is -1.68. The van der Waals surface area contributed by atoms with Crippen LogP contribution < -0.4 is 11.1 Å². The highest BCUT2D eigenvalue weighted by atomic mass is 16.3. The molecule has 0 bridgehead atoms. The quantitative estimate of drug-likeness (QED) is 0.741. The van der Waals surface area contributed by atoms with Crippen molar-refractivity contribution in [2.24, 2.45) is 5.73 Å². The van der Waals surface area contributed by atoms with E-state index in [4.69, 9.17) is 5.73 Å².